The third-order valence-corrected chi connectivity index (χ3v) is 5.05. The highest BCUT2D eigenvalue weighted by Crippen LogP contribution is 2.32. The van der Waals surface area contributed by atoms with Gasteiger partial charge < -0.3 is 10.1 Å². The van der Waals surface area contributed by atoms with Gasteiger partial charge in [0, 0.05) is 25.0 Å². The molecule has 3 nitrogen and oxygen atoms in total. The number of unbranched alkanes of at least 4 members (excludes halogenated alkanes) is 2. The van der Waals surface area contributed by atoms with Gasteiger partial charge in [-0.15, -0.1) is 0 Å². The number of aliphatic imine (C=N–C) groups is 1. The van der Waals surface area contributed by atoms with E-state index < -0.39 is 0 Å². The van der Waals surface area contributed by atoms with Crippen LogP contribution in [0.4, 0.5) is 0 Å². The van der Waals surface area contributed by atoms with Crippen LogP contribution in [0.5, 0.6) is 0 Å². The molecule has 0 aromatic rings. The van der Waals surface area contributed by atoms with Crippen LogP contribution < -0.4 is 5.32 Å². The van der Waals surface area contributed by atoms with E-state index in [1.54, 1.807) is 0 Å². The van der Waals surface area contributed by atoms with Crippen molar-refractivity contribution in [2.45, 2.75) is 64.0 Å². The molecule has 2 aliphatic heterocycles. The molecular weight excluding hydrogens is 244 g/mol. The minimum Gasteiger partial charge on any atom is -0.381 e. The molecule has 2 fully saturated rings. The fourth-order valence-electron chi connectivity index (χ4n) is 2.56. The first-order valence-corrected chi connectivity index (χ1v) is 8.29. The number of hydrogen-bond acceptors (Lipinski definition) is 3. The highest BCUT2D eigenvalue weighted by molar-refractivity contribution is 8.14. The van der Waals surface area contributed by atoms with Gasteiger partial charge in [0.1, 0.15) is 0 Å². The van der Waals surface area contributed by atoms with Crippen molar-refractivity contribution in [2.24, 2.45) is 4.99 Å². The zero-order valence-corrected chi connectivity index (χ0v) is 12.5. The van der Waals surface area contributed by atoms with E-state index in [-0.39, 0.29) is 5.54 Å². The minimum absolute atomic E-state index is 0.283. The Morgan fingerprint density at radius 2 is 2.17 bits per heavy atom. The maximum atomic E-state index is 5.45. The smallest absolute Gasteiger partial charge is 0.157 e. The molecular formula is C14H26N2OS. The van der Waals surface area contributed by atoms with E-state index in [4.69, 9.17) is 9.73 Å². The topological polar surface area (TPSA) is 33.6 Å². The predicted octanol–water partition coefficient (Wildman–Crippen LogP) is 3.20. The first-order chi connectivity index (χ1) is 8.74. The lowest BCUT2D eigenvalue weighted by Gasteiger charge is -2.32. The summed E-state index contributed by atoms with van der Waals surface area (Å²) in [5.41, 5.74) is 0.283. The summed E-state index contributed by atoms with van der Waals surface area (Å²) < 4.78 is 5.45. The van der Waals surface area contributed by atoms with Gasteiger partial charge in [0.25, 0.3) is 0 Å². The number of hydrogen-bond donors (Lipinski definition) is 1. The van der Waals surface area contributed by atoms with Crippen molar-refractivity contribution in [1.82, 2.24) is 5.32 Å². The largest absolute Gasteiger partial charge is 0.381 e. The number of nitrogens with one attached hydrogen (secondary N) is 1. The summed E-state index contributed by atoms with van der Waals surface area (Å²) in [6, 6.07) is 0.460. The van der Waals surface area contributed by atoms with Gasteiger partial charge in [-0.3, -0.25) is 4.99 Å². The van der Waals surface area contributed by atoms with Crippen LogP contribution in [-0.4, -0.2) is 35.7 Å². The molecule has 18 heavy (non-hydrogen) atoms. The molecule has 2 heterocycles. The molecule has 1 N–H and O–H groups in total. The van der Waals surface area contributed by atoms with Crippen molar-refractivity contribution >= 4 is 16.9 Å². The van der Waals surface area contributed by atoms with Crippen LogP contribution in [0, 0.1) is 0 Å². The maximum Gasteiger partial charge on any atom is 0.157 e. The Balaban J connectivity index is 1.80. The summed E-state index contributed by atoms with van der Waals surface area (Å²) in [5.74, 6) is 1.16. The zero-order chi connectivity index (χ0) is 12.8. The molecule has 0 bridgehead atoms. The standard InChI is InChI=1S/C14H26N2OS/c1-3-4-5-6-12(2)15-13-16-14(11-18-13)7-9-17-10-8-14/h12H,3-11H2,1-2H3,(H,15,16). The van der Waals surface area contributed by atoms with Crippen LogP contribution >= 0.6 is 11.8 Å². The SMILES string of the molecule is CCCCCC(C)N=C1NC2(CCOCC2)CS1. The van der Waals surface area contributed by atoms with Crippen LogP contribution in [0.2, 0.25) is 0 Å². The Morgan fingerprint density at radius 3 is 2.89 bits per heavy atom. The van der Waals surface area contributed by atoms with Crippen molar-refractivity contribution in [1.29, 1.82) is 0 Å². The van der Waals surface area contributed by atoms with Crippen molar-refractivity contribution < 1.29 is 4.74 Å². The van der Waals surface area contributed by atoms with Crippen LogP contribution in [0.25, 0.3) is 0 Å². The monoisotopic (exact) mass is 270 g/mol. The van der Waals surface area contributed by atoms with Gasteiger partial charge in [-0.2, -0.15) is 0 Å². The van der Waals surface area contributed by atoms with Crippen molar-refractivity contribution in [3.63, 3.8) is 0 Å². The summed E-state index contributed by atoms with van der Waals surface area (Å²) in [6.07, 6.45) is 7.40. The summed E-state index contributed by atoms with van der Waals surface area (Å²) in [5, 5.41) is 4.83. The van der Waals surface area contributed by atoms with Gasteiger partial charge >= 0.3 is 0 Å². The van der Waals surface area contributed by atoms with Crippen molar-refractivity contribution in [3.05, 3.63) is 0 Å². The number of amidine groups is 1. The molecule has 1 unspecified atom stereocenters. The molecule has 0 aliphatic carbocycles. The molecule has 2 rings (SSSR count). The minimum atomic E-state index is 0.283. The third kappa shape index (κ3) is 3.89. The van der Waals surface area contributed by atoms with Crippen molar-refractivity contribution in [2.75, 3.05) is 19.0 Å². The fourth-order valence-corrected chi connectivity index (χ4v) is 3.88. The number of ether oxygens (including phenoxy) is 1. The second-order valence-corrected chi connectivity index (χ2v) is 6.55. The maximum absolute atomic E-state index is 5.45. The lowest BCUT2D eigenvalue weighted by molar-refractivity contribution is 0.0555. The van der Waals surface area contributed by atoms with E-state index in [1.165, 1.54) is 30.9 Å². The number of thioether (sulfide) groups is 1. The van der Waals surface area contributed by atoms with Gasteiger partial charge in [0.15, 0.2) is 5.17 Å². The molecule has 0 aromatic carbocycles. The molecule has 2 aliphatic rings. The average molecular weight is 270 g/mol. The molecule has 104 valence electrons. The van der Waals surface area contributed by atoms with E-state index in [1.807, 2.05) is 11.8 Å². The zero-order valence-electron chi connectivity index (χ0n) is 11.7. The highest BCUT2D eigenvalue weighted by atomic mass is 32.2. The Kier molecular flexibility index (Phi) is 5.37. The highest BCUT2D eigenvalue weighted by Gasteiger charge is 2.38. The molecule has 1 atom stereocenters. The first-order valence-electron chi connectivity index (χ1n) is 7.31. The summed E-state index contributed by atoms with van der Waals surface area (Å²) in [6.45, 7) is 6.28. The molecule has 4 heteroatoms. The average Bonchev–Trinajstić information content (AvgIpc) is 2.73. The summed E-state index contributed by atoms with van der Waals surface area (Å²) in [7, 11) is 0. The fraction of sp³-hybridized carbons (Fsp3) is 0.929. The second kappa shape index (κ2) is 6.80. The molecule has 0 aromatic heterocycles. The van der Waals surface area contributed by atoms with Gasteiger partial charge in [-0.05, 0) is 26.2 Å². The predicted molar refractivity (Wildman–Crippen MR) is 79.4 cm³/mol. The lowest BCUT2D eigenvalue weighted by atomic mass is 9.93. The molecule has 0 amide bonds. The lowest BCUT2D eigenvalue weighted by Crippen LogP contribution is -2.48. The van der Waals surface area contributed by atoms with E-state index in [0.29, 0.717) is 6.04 Å². The molecule has 1 spiro atoms. The van der Waals surface area contributed by atoms with Crippen LogP contribution in [-0.2, 0) is 4.74 Å². The van der Waals surface area contributed by atoms with E-state index in [2.05, 4.69) is 19.2 Å². The van der Waals surface area contributed by atoms with Crippen molar-refractivity contribution in [3.8, 4) is 0 Å². The van der Waals surface area contributed by atoms with Crippen LogP contribution in [0.15, 0.2) is 4.99 Å². The van der Waals surface area contributed by atoms with Gasteiger partial charge in [-0.1, -0.05) is 37.9 Å². The first kappa shape index (κ1) is 14.2. The van der Waals surface area contributed by atoms with Crippen LogP contribution in [0.3, 0.4) is 0 Å². The third-order valence-electron chi connectivity index (χ3n) is 3.87. The van der Waals surface area contributed by atoms with Gasteiger partial charge in [0.2, 0.25) is 0 Å². The Morgan fingerprint density at radius 1 is 1.39 bits per heavy atom. The Bertz CT molecular complexity index is 288. The summed E-state index contributed by atoms with van der Waals surface area (Å²) >= 11 is 1.90. The number of nitrogens with zero attached hydrogens (tertiary/aromatic N) is 1. The van der Waals surface area contributed by atoms with E-state index in [0.717, 1.165) is 31.8 Å². The normalized spacial score (nSPS) is 26.4. The molecule has 0 radical (unpaired) electrons. The molecule has 2 saturated heterocycles. The number of rotatable bonds is 5. The van der Waals surface area contributed by atoms with Gasteiger partial charge in [-0.25, -0.2) is 0 Å². The molecule has 0 saturated carbocycles. The van der Waals surface area contributed by atoms with E-state index >= 15 is 0 Å². The summed E-state index contributed by atoms with van der Waals surface area (Å²) in [4.78, 5) is 4.83. The Hall–Kier alpha value is -0.220. The van der Waals surface area contributed by atoms with E-state index in [9.17, 15) is 0 Å². The van der Waals surface area contributed by atoms with Crippen LogP contribution in [0.1, 0.15) is 52.4 Å². The quantitative estimate of drug-likeness (QED) is 0.779. The Labute approximate surface area is 115 Å². The van der Waals surface area contributed by atoms with Gasteiger partial charge in [0.05, 0.1) is 5.54 Å². The second-order valence-electron chi connectivity index (χ2n) is 5.59.